The van der Waals surface area contributed by atoms with Crippen LogP contribution >= 0.6 is 0 Å². The molecule has 1 aromatic carbocycles. The zero-order chi connectivity index (χ0) is 19.9. The molecule has 3 rings (SSSR count). The quantitative estimate of drug-likeness (QED) is 0.795. The van der Waals surface area contributed by atoms with E-state index in [4.69, 9.17) is 4.74 Å². The van der Waals surface area contributed by atoms with Crippen molar-refractivity contribution in [3.05, 3.63) is 48.3 Å². The lowest BCUT2D eigenvalue weighted by Gasteiger charge is -2.37. The third-order valence-corrected chi connectivity index (χ3v) is 5.17. The summed E-state index contributed by atoms with van der Waals surface area (Å²) in [7, 11) is 1.81. The molecule has 1 fully saturated rings. The second-order valence-corrected chi connectivity index (χ2v) is 7.63. The van der Waals surface area contributed by atoms with Crippen molar-refractivity contribution in [2.24, 2.45) is 5.92 Å². The molecule has 1 saturated heterocycles. The molecular formula is C21H31N5O2. The van der Waals surface area contributed by atoms with E-state index < -0.39 is 0 Å². The summed E-state index contributed by atoms with van der Waals surface area (Å²) in [5.41, 5.74) is 2.00. The lowest BCUT2D eigenvalue weighted by Crippen LogP contribution is -2.52. The summed E-state index contributed by atoms with van der Waals surface area (Å²) < 4.78 is 7.28. The molecule has 1 aliphatic rings. The van der Waals surface area contributed by atoms with Gasteiger partial charge >= 0.3 is 6.03 Å². The molecule has 2 amide bonds. The predicted molar refractivity (Wildman–Crippen MR) is 109 cm³/mol. The van der Waals surface area contributed by atoms with Gasteiger partial charge in [0.05, 0.1) is 31.6 Å². The number of benzene rings is 1. The molecular weight excluding hydrogens is 354 g/mol. The zero-order valence-corrected chi connectivity index (χ0v) is 17.0. The first kappa shape index (κ1) is 20.4. The Bertz CT molecular complexity index is 740. The van der Waals surface area contributed by atoms with Gasteiger partial charge in [0, 0.05) is 44.5 Å². The summed E-state index contributed by atoms with van der Waals surface area (Å²) in [6.07, 6.45) is 3.77. The molecule has 152 valence electrons. The molecule has 7 heteroatoms. The van der Waals surface area contributed by atoms with Crippen LogP contribution in [0.1, 0.15) is 19.4 Å². The van der Waals surface area contributed by atoms with Crippen LogP contribution in [0.4, 0.5) is 4.79 Å². The number of hydrogen-bond donors (Lipinski definition) is 1. The Morgan fingerprint density at radius 1 is 1.25 bits per heavy atom. The zero-order valence-electron chi connectivity index (χ0n) is 17.0. The highest BCUT2D eigenvalue weighted by molar-refractivity contribution is 5.73. The first-order chi connectivity index (χ1) is 13.5. The lowest BCUT2D eigenvalue weighted by atomic mass is 10.0. The molecule has 7 nitrogen and oxygen atoms in total. The third-order valence-electron chi connectivity index (χ3n) is 5.17. The minimum Gasteiger partial charge on any atom is -0.379 e. The van der Waals surface area contributed by atoms with Crippen LogP contribution in [0.2, 0.25) is 0 Å². The predicted octanol–water partition coefficient (Wildman–Crippen LogP) is 2.37. The van der Waals surface area contributed by atoms with Crippen LogP contribution in [0.15, 0.2) is 42.7 Å². The monoisotopic (exact) mass is 385 g/mol. The van der Waals surface area contributed by atoms with E-state index in [0.29, 0.717) is 25.0 Å². The number of nitrogens with zero attached hydrogens (tertiary/aromatic N) is 4. The largest absolute Gasteiger partial charge is 0.379 e. The van der Waals surface area contributed by atoms with Crippen molar-refractivity contribution in [1.29, 1.82) is 0 Å². The summed E-state index contributed by atoms with van der Waals surface area (Å²) in [4.78, 5) is 16.7. The standard InChI is InChI=1S/C21H31N5O2/c1-17(2)20(25-9-11-28-12-10-25)14-22-21(27)24(3)15-18-13-23-26(16-18)19-7-5-4-6-8-19/h4-8,13,16-17,20H,9-12,14-15H2,1-3H3,(H,22,27). The van der Waals surface area contributed by atoms with Crippen LogP contribution in [0.3, 0.4) is 0 Å². The summed E-state index contributed by atoms with van der Waals surface area (Å²) in [6, 6.07) is 10.2. The van der Waals surface area contributed by atoms with Gasteiger partial charge in [0.1, 0.15) is 0 Å². The number of amides is 2. The number of urea groups is 1. The molecule has 0 aliphatic carbocycles. The van der Waals surface area contributed by atoms with Crippen LogP contribution < -0.4 is 5.32 Å². The fourth-order valence-electron chi connectivity index (χ4n) is 3.53. The van der Waals surface area contributed by atoms with Gasteiger partial charge in [0.25, 0.3) is 0 Å². The van der Waals surface area contributed by atoms with Crippen molar-refractivity contribution in [2.45, 2.75) is 26.4 Å². The fourth-order valence-corrected chi connectivity index (χ4v) is 3.53. The van der Waals surface area contributed by atoms with E-state index in [1.807, 2.05) is 48.3 Å². The highest BCUT2D eigenvalue weighted by atomic mass is 16.5. The van der Waals surface area contributed by atoms with Crippen molar-refractivity contribution in [1.82, 2.24) is 24.9 Å². The molecule has 1 atom stereocenters. The smallest absolute Gasteiger partial charge is 0.317 e. The second kappa shape index (κ2) is 9.71. The molecule has 0 spiro atoms. The number of nitrogens with one attached hydrogen (secondary N) is 1. The normalized spacial score (nSPS) is 16.1. The number of aromatic nitrogens is 2. The molecule has 1 aromatic heterocycles. The maximum atomic E-state index is 12.6. The summed E-state index contributed by atoms with van der Waals surface area (Å²) >= 11 is 0. The topological polar surface area (TPSA) is 62.6 Å². The molecule has 1 aliphatic heterocycles. The van der Waals surface area contributed by atoms with Gasteiger partial charge in [0.15, 0.2) is 0 Å². The van der Waals surface area contributed by atoms with Crippen LogP contribution in [-0.4, -0.2) is 71.5 Å². The van der Waals surface area contributed by atoms with Crippen molar-refractivity contribution in [3.63, 3.8) is 0 Å². The molecule has 0 bridgehead atoms. The van der Waals surface area contributed by atoms with Crippen molar-refractivity contribution >= 4 is 6.03 Å². The van der Waals surface area contributed by atoms with Gasteiger partial charge in [-0.2, -0.15) is 5.10 Å². The van der Waals surface area contributed by atoms with E-state index in [0.717, 1.165) is 37.6 Å². The summed E-state index contributed by atoms with van der Waals surface area (Å²) in [6.45, 7) is 8.94. The van der Waals surface area contributed by atoms with E-state index in [2.05, 4.69) is 29.2 Å². The molecule has 2 heterocycles. The van der Waals surface area contributed by atoms with Crippen LogP contribution in [0.25, 0.3) is 5.69 Å². The Kier molecular flexibility index (Phi) is 7.06. The van der Waals surface area contributed by atoms with Crippen LogP contribution in [0, 0.1) is 5.92 Å². The van der Waals surface area contributed by atoms with Gasteiger partial charge in [-0.15, -0.1) is 0 Å². The van der Waals surface area contributed by atoms with Crippen molar-refractivity contribution in [2.75, 3.05) is 39.9 Å². The van der Waals surface area contributed by atoms with Crippen LogP contribution in [-0.2, 0) is 11.3 Å². The van der Waals surface area contributed by atoms with Crippen molar-refractivity contribution in [3.8, 4) is 5.69 Å². The first-order valence-electron chi connectivity index (χ1n) is 9.94. The number of carbonyl (C=O) groups is 1. The van der Waals surface area contributed by atoms with Crippen LogP contribution in [0.5, 0.6) is 0 Å². The number of carbonyl (C=O) groups excluding carboxylic acids is 1. The average molecular weight is 386 g/mol. The fraction of sp³-hybridized carbons (Fsp3) is 0.524. The van der Waals surface area contributed by atoms with Gasteiger partial charge < -0.3 is 15.0 Å². The number of ether oxygens (including phenoxy) is 1. The average Bonchev–Trinajstić information content (AvgIpc) is 3.17. The minimum atomic E-state index is -0.0635. The maximum Gasteiger partial charge on any atom is 0.317 e. The number of hydrogen-bond acceptors (Lipinski definition) is 4. The second-order valence-electron chi connectivity index (χ2n) is 7.63. The van der Waals surface area contributed by atoms with E-state index in [-0.39, 0.29) is 6.03 Å². The van der Waals surface area contributed by atoms with E-state index >= 15 is 0 Å². The summed E-state index contributed by atoms with van der Waals surface area (Å²) in [5.74, 6) is 0.466. The summed E-state index contributed by atoms with van der Waals surface area (Å²) in [5, 5.41) is 7.49. The number of morpholine rings is 1. The molecule has 28 heavy (non-hydrogen) atoms. The Morgan fingerprint density at radius 2 is 1.96 bits per heavy atom. The molecule has 0 radical (unpaired) electrons. The Labute approximate surface area is 167 Å². The van der Waals surface area contributed by atoms with Gasteiger partial charge in [0.2, 0.25) is 0 Å². The molecule has 2 aromatic rings. The van der Waals surface area contributed by atoms with E-state index in [1.54, 1.807) is 11.1 Å². The minimum absolute atomic E-state index is 0.0635. The van der Waals surface area contributed by atoms with Crippen molar-refractivity contribution < 1.29 is 9.53 Å². The van der Waals surface area contributed by atoms with E-state index in [9.17, 15) is 4.79 Å². The van der Waals surface area contributed by atoms with Gasteiger partial charge in [-0.05, 0) is 18.1 Å². The molecule has 1 unspecified atom stereocenters. The first-order valence-corrected chi connectivity index (χ1v) is 9.94. The number of para-hydroxylation sites is 1. The Balaban J connectivity index is 1.52. The highest BCUT2D eigenvalue weighted by Gasteiger charge is 2.24. The van der Waals surface area contributed by atoms with E-state index in [1.165, 1.54) is 0 Å². The van der Waals surface area contributed by atoms with Gasteiger partial charge in [-0.3, -0.25) is 4.90 Å². The van der Waals surface area contributed by atoms with Gasteiger partial charge in [-0.1, -0.05) is 32.0 Å². The SMILES string of the molecule is CC(C)C(CNC(=O)N(C)Cc1cnn(-c2ccccc2)c1)N1CCOCC1. The Hall–Kier alpha value is -2.38. The Morgan fingerprint density at radius 3 is 2.64 bits per heavy atom. The van der Waals surface area contributed by atoms with Gasteiger partial charge in [-0.25, -0.2) is 9.48 Å². The third kappa shape index (κ3) is 5.33. The lowest BCUT2D eigenvalue weighted by molar-refractivity contribution is 0.00697. The highest BCUT2D eigenvalue weighted by Crippen LogP contribution is 2.13. The maximum absolute atomic E-state index is 12.6. The molecule has 1 N–H and O–H groups in total. The molecule has 0 saturated carbocycles. The number of rotatable bonds is 7.